The van der Waals surface area contributed by atoms with E-state index in [0.29, 0.717) is 5.92 Å². The average Bonchev–Trinajstić information content (AvgIpc) is 2.60. The third kappa shape index (κ3) is 5.94. The average molecular weight is 270 g/mol. The van der Waals surface area contributed by atoms with Gasteiger partial charge in [-0.3, -0.25) is 4.79 Å². The summed E-state index contributed by atoms with van der Waals surface area (Å²) in [6.45, 7) is 9.22. The fourth-order valence-corrected chi connectivity index (χ4v) is 2.21. The molecule has 3 atom stereocenters. The van der Waals surface area contributed by atoms with E-state index < -0.39 is 17.7 Å². The SMILES string of the molecule is CC1CCC(NC(=O)C(C)NC(=O)OC(C)(C)C)C1. The number of hydrogen-bond acceptors (Lipinski definition) is 3. The van der Waals surface area contributed by atoms with Gasteiger partial charge < -0.3 is 15.4 Å². The molecule has 2 amide bonds. The van der Waals surface area contributed by atoms with Gasteiger partial charge in [0.1, 0.15) is 11.6 Å². The van der Waals surface area contributed by atoms with Gasteiger partial charge >= 0.3 is 6.09 Å². The molecule has 5 heteroatoms. The van der Waals surface area contributed by atoms with Crippen molar-refractivity contribution in [3.63, 3.8) is 0 Å². The van der Waals surface area contributed by atoms with Gasteiger partial charge in [-0.2, -0.15) is 0 Å². The standard InChI is InChI=1S/C14H26N2O3/c1-9-6-7-11(8-9)16-12(17)10(2)15-13(18)19-14(3,4)5/h9-11H,6-8H2,1-5H3,(H,15,18)(H,16,17). The second-order valence-electron chi connectivity index (χ2n) is 6.49. The Balaban J connectivity index is 2.34. The smallest absolute Gasteiger partial charge is 0.408 e. The van der Waals surface area contributed by atoms with Crippen LogP contribution in [0.15, 0.2) is 0 Å². The molecule has 19 heavy (non-hydrogen) atoms. The summed E-state index contributed by atoms with van der Waals surface area (Å²) in [6, 6.07) is -0.337. The highest BCUT2D eigenvalue weighted by Gasteiger charge is 2.26. The van der Waals surface area contributed by atoms with E-state index in [1.54, 1.807) is 27.7 Å². The molecule has 1 fully saturated rings. The van der Waals surface area contributed by atoms with Crippen molar-refractivity contribution in [1.82, 2.24) is 10.6 Å². The number of ether oxygens (including phenoxy) is 1. The maximum Gasteiger partial charge on any atom is 0.408 e. The summed E-state index contributed by atoms with van der Waals surface area (Å²) in [4.78, 5) is 23.5. The van der Waals surface area contributed by atoms with Gasteiger partial charge in [0, 0.05) is 6.04 Å². The van der Waals surface area contributed by atoms with E-state index in [4.69, 9.17) is 4.74 Å². The zero-order valence-corrected chi connectivity index (χ0v) is 12.6. The lowest BCUT2D eigenvalue weighted by Gasteiger charge is -2.22. The van der Waals surface area contributed by atoms with Crippen LogP contribution in [0, 0.1) is 5.92 Å². The number of rotatable bonds is 3. The van der Waals surface area contributed by atoms with Crippen LogP contribution in [-0.4, -0.2) is 29.7 Å². The molecule has 1 aliphatic rings. The molecule has 0 aliphatic heterocycles. The van der Waals surface area contributed by atoms with E-state index in [1.807, 2.05) is 0 Å². The van der Waals surface area contributed by atoms with Crippen molar-refractivity contribution >= 4 is 12.0 Å². The number of alkyl carbamates (subject to hydrolysis) is 1. The van der Waals surface area contributed by atoms with E-state index in [-0.39, 0.29) is 11.9 Å². The Hall–Kier alpha value is -1.26. The molecule has 3 unspecified atom stereocenters. The zero-order valence-electron chi connectivity index (χ0n) is 12.6. The predicted octanol–water partition coefficient (Wildman–Crippen LogP) is 2.20. The van der Waals surface area contributed by atoms with Crippen LogP contribution in [0.2, 0.25) is 0 Å². The number of carbonyl (C=O) groups excluding carboxylic acids is 2. The molecule has 110 valence electrons. The first-order chi connectivity index (χ1) is 8.67. The Morgan fingerprint density at radius 3 is 2.37 bits per heavy atom. The van der Waals surface area contributed by atoms with Crippen LogP contribution in [0.5, 0.6) is 0 Å². The Kier molecular flexibility index (Phi) is 5.20. The molecule has 0 heterocycles. The Morgan fingerprint density at radius 1 is 1.26 bits per heavy atom. The maximum absolute atomic E-state index is 11.9. The van der Waals surface area contributed by atoms with E-state index in [9.17, 15) is 9.59 Å². The molecule has 0 radical (unpaired) electrons. The highest BCUT2D eigenvalue weighted by atomic mass is 16.6. The van der Waals surface area contributed by atoms with Crippen molar-refractivity contribution in [2.45, 2.75) is 71.6 Å². The number of nitrogens with one attached hydrogen (secondary N) is 2. The molecule has 1 aliphatic carbocycles. The third-order valence-corrected chi connectivity index (χ3v) is 3.17. The first kappa shape index (κ1) is 15.8. The van der Waals surface area contributed by atoms with Gasteiger partial charge in [-0.05, 0) is 52.9 Å². The minimum absolute atomic E-state index is 0.148. The lowest BCUT2D eigenvalue weighted by molar-refractivity contribution is -0.123. The summed E-state index contributed by atoms with van der Waals surface area (Å²) < 4.78 is 5.12. The van der Waals surface area contributed by atoms with E-state index >= 15 is 0 Å². The predicted molar refractivity (Wildman–Crippen MR) is 73.8 cm³/mol. The fourth-order valence-electron chi connectivity index (χ4n) is 2.21. The number of amides is 2. The second kappa shape index (κ2) is 6.26. The molecule has 1 rings (SSSR count). The highest BCUT2D eigenvalue weighted by molar-refractivity contribution is 5.85. The van der Waals surface area contributed by atoms with Crippen LogP contribution in [0.1, 0.15) is 53.9 Å². The monoisotopic (exact) mass is 270 g/mol. The third-order valence-electron chi connectivity index (χ3n) is 3.17. The van der Waals surface area contributed by atoms with Crippen molar-refractivity contribution < 1.29 is 14.3 Å². The number of carbonyl (C=O) groups is 2. The molecule has 0 aromatic heterocycles. The minimum Gasteiger partial charge on any atom is -0.444 e. The summed E-state index contributed by atoms with van der Waals surface area (Å²) in [7, 11) is 0. The number of hydrogen-bond donors (Lipinski definition) is 2. The molecule has 0 saturated heterocycles. The van der Waals surface area contributed by atoms with Crippen molar-refractivity contribution in [1.29, 1.82) is 0 Å². The molecule has 1 saturated carbocycles. The lowest BCUT2D eigenvalue weighted by Crippen LogP contribution is -2.48. The van der Waals surface area contributed by atoms with Gasteiger partial charge in [0.05, 0.1) is 0 Å². The summed E-state index contributed by atoms with van der Waals surface area (Å²) in [6.07, 6.45) is 2.63. The first-order valence-corrected chi connectivity index (χ1v) is 6.97. The lowest BCUT2D eigenvalue weighted by atomic mass is 10.1. The summed E-state index contributed by atoms with van der Waals surface area (Å²) in [5.41, 5.74) is -0.554. The largest absolute Gasteiger partial charge is 0.444 e. The normalized spacial score (nSPS) is 24.7. The van der Waals surface area contributed by atoms with E-state index in [0.717, 1.165) is 19.3 Å². The molecule has 0 bridgehead atoms. The van der Waals surface area contributed by atoms with Gasteiger partial charge in [0.2, 0.25) is 5.91 Å². The molecule has 0 aromatic rings. The highest BCUT2D eigenvalue weighted by Crippen LogP contribution is 2.24. The molecular formula is C14H26N2O3. The summed E-state index contributed by atoms with van der Waals surface area (Å²) in [5.74, 6) is 0.518. The second-order valence-corrected chi connectivity index (χ2v) is 6.49. The molecule has 2 N–H and O–H groups in total. The van der Waals surface area contributed by atoms with Crippen LogP contribution in [0.4, 0.5) is 4.79 Å². The maximum atomic E-state index is 11.9. The summed E-state index contributed by atoms with van der Waals surface area (Å²) >= 11 is 0. The van der Waals surface area contributed by atoms with Crippen molar-refractivity contribution in [3.8, 4) is 0 Å². The molecule has 0 aromatic carbocycles. The molecule has 5 nitrogen and oxygen atoms in total. The fraction of sp³-hybridized carbons (Fsp3) is 0.857. The van der Waals surface area contributed by atoms with Gasteiger partial charge in [0.15, 0.2) is 0 Å². The first-order valence-electron chi connectivity index (χ1n) is 6.97. The van der Waals surface area contributed by atoms with E-state index in [2.05, 4.69) is 17.6 Å². The van der Waals surface area contributed by atoms with Crippen LogP contribution in [-0.2, 0) is 9.53 Å². The Morgan fingerprint density at radius 2 is 1.89 bits per heavy atom. The molecular weight excluding hydrogens is 244 g/mol. The van der Waals surface area contributed by atoms with Crippen LogP contribution >= 0.6 is 0 Å². The van der Waals surface area contributed by atoms with E-state index in [1.165, 1.54) is 0 Å². The molecule has 0 spiro atoms. The quantitative estimate of drug-likeness (QED) is 0.826. The van der Waals surface area contributed by atoms with Crippen molar-refractivity contribution in [2.75, 3.05) is 0 Å². The van der Waals surface area contributed by atoms with Crippen LogP contribution in [0.3, 0.4) is 0 Å². The van der Waals surface area contributed by atoms with Gasteiger partial charge in [-0.25, -0.2) is 4.79 Å². The van der Waals surface area contributed by atoms with Gasteiger partial charge in [0.25, 0.3) is 0 Å². The zero-order chi connectivity index (χ0) is 14.6. The van der Waals surface area contributed by atoms with Gasteiger partial charge in [-0.15, -0.1) is 0 Å². The summed E-state index contributed by atoms with van der Waals surface area (Å²) in [5, 5.41) is 5.52. The minimum atomic E-state index is -0.578. The Bertz CT molecular complexity index is 336. The van der Waals surface area contributed by atoms with Crippen molar-refractivity contribution in [2.24, 2.45) is 5.92 Å². The topological polar surface area (TPSA) is 67.4 Å². The van der Waals surface area contributed by atoms with Gasteiger partial charge in [-0.1, -0.05) is 6.92 Å². The van der Waals surface area contributed by atoms with Crippen LogP contribution in [0.25, 0.3) is 0 Å². The van der Waals surface area contributed by atoms with Crippen molar-refractivity contribution in [3.05, 3.63) is 0 Å². The Labute approximate surface area is 115 Å². The van der Waals surface area contributed by atoms with Crippen LogP contribution < -0.4 is 10.6 Å².